The number of rotatable bonds is 2. The van der Waals surface area contributed by atoms with Gasteiger partial charge in [-0.1, -0.05) is 24.3 Å². The van der Waals surface area contributed by atoms with E-state index in [-0.39, 0.29) is 1.43 Å². The minimum Gasteiger partial charge on any atom is -0.384 e. The third-order valence-corrected chi connectivity index (χ3v) is 2.19. The zero-order valence-electron chi connectivity index (χ0n) is 8.33. The molecule has 0 aliphatic carbocycles. The number of aliphatic imine (C=N–C) groups is 1. The Morgan fingerprint density at radius 3 is 3.29 bits per heavy atom. The molecule has 1 aliphatic heterocycles. The van der Waals surface area contributed by atoms with E-state index in [9.17, 15) is 0 Å². The van der Waals surface area contributed by atoms with Gasteiger partial charge < -0.3 is 5.32 Å². The average molecular weight is 188 g/mol. The van der Waals surface area contributed by atoms with Crippen LogP contribution in [0.1, 0.15) is 20.3 Å². The summed E-state index contributed by atoms with van der Waals surface area (Å²) >= 11 is 0. The molecule has 0 aromatic heterocycles. The van der Waals surface area contributed by atoms with Crippen LogP contribution in [0.4, 0.5) is 11.4 Å². The van der Waals surface area contributed by atoms with Crippen LogP contribution in [0, 0.1) is 0 Å². The Labute approximate surface area is 85.9 Å². The largest absolute Gasteiger partial charge is 0.384 e. The van der Waals surface area contributed by atoms with Gasteiger partial charge in [0.2, 0.25) is 0 Å². The van der Waals surface area contributed by atoms with Gasteiger partial charge in [0.1, 0.15) is 0 Å². The van der Waals surface area contributed by atoms with Crippen molar-refractivity contribution in [3.63, 3.8) is 0 Å². The van der Waals surface area contributed by atoms with E-state index in [1.165, 1.54) is 5.56 Å². The van der Waals surface area contributed by atoms with Crippen LogP contribution in [0.5, 0.6) is 0 Å². The number of hydrogen-bond donors (Lipinski definition) is 1. The topological polar surface area (TPSA) is 24.4 Å². The van der Waals surface area contributed by atoms with Crippen molar-refractivity contribution in [2.45, 2.75) is 13.3 Å². The lowest BCUT2D eigenvalue weighted by molar-refractivity contribution is 1.21. The molecule has 2 heteroatoms. The van der Waals surface area contributed by atoms with Gasteiger partial charge in [-0.3, -0.25) is 4.99 Å². The number of benzene rings is 1. The van der Waals surface area contributed by atoms with Gasteiger partial charge in [0.05, 0.1) is 11.4 Å². The fourth-order valence-electron chi connectivity index (χ4n) is 1.57. The van der Waals surface area contributed by atoms with Crippen LogP contribution in [0.2, 0.25) is 0 Å². The molecule has 0 fully saturated rings. The summed E-state index contributed by atoms with van der Waals surface area (Å²) in [5, 5.41) is 3.32. The highest BCUT2D eigenvalue weighted by atomic mass is 14.9. The Kier molecular flexibility index (Phi) is 2.63. The molecule has 0 unspecified atom stereocenters. The van der Waals surface area contributed by atoms with Crippen LogP contribution in [-0.2, 0) is 0 Å². The Bertz CT molecular complexity index is 383. The molecule has 0 bridgehead atoms. The van der Waals surface area contributed by atoms with Gasteiger partial charge in [-0.05, 0) is 13.0 Å². The summed E-state index contributed by atoms with van der Waals surface area (Å²) < 4.78 is 0. The highest BCUT2D eigenvalue weighted by molar-refractivity contribution is 5.83. The van der Waals surface area contributed by atoms with E-state index in [0.29, 0.717) is 0 Å². The minimum atomic E-state index is 0. The first kappa shape index (κ1) is 9.00. The molecule has 1 aliphatic rings. The number of nitrogens with zero attached hydrogens (tertiary/aromatic N) is 1. The van der Waals surface area contributed by atoms with E-state index in [2.05, 4.69) is 47.6 Å². The molecular weight excluding hydrogens is 172 g/mol. The highest BCUT2D eigenvalue weighted by Gasteiger charge is 2.04. The summed E-state index contributed by atoms with van der Waals surface area (Å²) in [7, 11) is 0. The zero-order chi connectivity index (χ0) is 9.80. The van der Waals surface area contributed by atoms with Crippen LogP contribution in [0.25, 0.3) is 6.08 Å². The third kappa shape index (κ3) is 1.69. The van der Waals surface area contributed by atoms with Crippen molar-refractivity contribution in [3.8, 4) is 0 Å². The SMILES string of the molecule is CCNc1cccc2c1N=CCC=C2.[HH]. The molecule has 0 spiro atoms. The second-order valence-corrected chi connectivity index (χ2v) is 3.22. The van der Waals surface area contributed by atoms with E-state index in [4.69, 9.17) is 0 Å². The van der Waals surface area contributed by atoms with E-state index >= 15 is 0 Å². The van der Waals surface area contributed by atoms with Crippen LogP contribution in [0.15, 0.2) is 29.3 Å². The van der Waals surface area contributed by atoms with Crippen LogP contribution in [0.3, 0.4) is 0 Å². The highest BCUT2D eigenvalue weighted by Crippen LogP contribution is 2.31. The molecule has 0 saturated heterocycles. The van der Waals surface area contributed by atoms with E-state index < -0.39 is 0 Å². The predicted molar refractivity (Wildman–Crippen MR) is 64.5 cm³/mol. The van der Waals surface area contributed by atoms with Crippen molar-refractivity contribution < 1.29 is 1.43 Å². The van der Waals surface area contributed by atoms with E-state index in [0.717, 1.165) is 24.3 Å². The van der Waals surface area contributed by atoms with Crippen molar-refractivity contribution in [3.05, 3.63) is 29.8 Å². The minimum absolute atomic E-state index is 0. The second kappa shape index (κ2) is 4.09. The lowest BCUT2D eigenvalue weighted by Crippen LogP contribution is -1.97. The Morgan fingerprint density at radius 2 is 2.43 bits per heavy atom. The average Bonchev–Trinajstić information content (AvgIpc) is 2.44. The first-order chi connectivity index (χ1) is 6.92. The van der Waals surface area contributed by atoms with Gasteiger partial charge in [-0.25, -0.2) is 0 Å². The van der Waals surface area contributed by atoms with Gasteiger partial charge in [-0.2, -0.15) is 0 Å². The number of hydrogen-bond acceptors (Lipinski definition) is 2. The Balaban J connectivity index is 0.00000112. The summed E-state index contributed by atoms with van der Waals surface area (Å²) in [6, 6.07) is 6.22. The number of fused-ring (bicyclic) bond motifs is 1. The van der Waals surface area contributed by atoms with E-state index in [1.54, 1.807) is 0 Å². The maximum absolute atomic E-state index is 4.46. The van der Waals surface area contributed by atoms with Gasteiger partial charge >= 0.3 is 0 Å². The molecular formula is C12H16N2. The smallest absolute Gasteiger partial charge is 0.0929 e. The molecule has 14 heavy (non-hydrogen) atoms. The number of anilines is 1. The molecule has 74 valence electrons. The summed E-state index contributed by atoms with van der Waals surface area (Å²) in [4.78, 5) is 4.46. The fraction of sp³-hybridized carbons (Fsp3) is 0.250. The summed E-state index contributed by atoms with van der Waals surface area (Å²) in [6.45, 7) is 3.02. The quantitative estimate of drug-likeness (QED) is 0.755. The molecule has 1 heterocycles. The van der Waals surface area contributed by atoms with E-state index in [1.807, 2.05) is 6.21 Å². The van der Waals surface area contributed by atoms with Crippen molar-refractivity contribution >= 4 is 23.7 Å². The third-order valence-electron chi connectivity index (χ3n) is 2.19. The summed E-state index contributed by atoms with van der Waals surface area (Å²) in [5.74, 6) is 0. The van der Waals surface area contributed by atoms with Crippen LogP contribution in [-0.4, -0.2) is 12.8 Å². The number of para-hydroxylation sites is 1. The first-order valence-corrected chi connectivity index (χ1v) is 4.97. The fourth-order valence-corrected chi connectivity index (χ4v) is 1.57. The van der Waals surface area contributed by atoms with Crippen LogP contribution < -0.4 is 5.32 Å². The van der Waals surface area contributed by atoms with Gasteiger partial charge in [0.15, 0.2) is 0 Å². The van der Waals surface area contributed by atoms with Crippen molar-refractivity contribution in [1.82, 2.24) is 0 Å². The standard InChI is InChI=1S/C12H14N2.H2/c1-2-13-11-8-5-7-10-6-3-4-9-14-12(10)11;/h3,5-9,13H,2,4H2,1H3;1H. The van der Waals surface area contributed by atoms with Crippen molar-refractivity contribution in [2.75, 3.05) is 11.9 Å². The number of nitrogens with one attached hydrogen (secondary N) is 1. The molecule has 0 saturated carbocycles. The predicted octanol–water partition coefficient (Wildman–Crippen LogP) is 3.48. The van der Waals surface area contributed by atoms with Crippen LogP contribution >= 0.6 is 0 Å². The molecule has 1 N–H and O–H groups in total. The molecule has 0 amide bonds. The Morgan fingerprint density at radius 1 is 1.50 bits per heavy atom. The first-order valence-electron chi connectivity index (χ1n) is 4.97. The lowest BCUT2D eigenvalue weighted by atomic mass is 10.1. The van der Waals surface area contributed by atoms with Gasteiger partial charge in [-0.15, -0.1) is 0 Å². The monoisotopic (exact) mass is 188 g/mol. The molecule has 1 aromatic carbocycles. The second-order valence-electron chi connectivity index (χ2n) is 3.22. The molecule has 2 nitrogen and oxygen atoms in total. The maximum atomic E-state index is 4.46. The van der Waals surface area contributed by atoms with Crippen molar-refractivity contribution in [2.24, 2.45) is 4.99 Å². The normalized spacial score (nSPS) is 13.5. The lowest BCUT2D eigenvalue weighted by Gasteiger charge is -2.08. The Hall–Kier alpha value is -1.57. The zero-order valence-corrected chi connectivity index (χ0v) is 8.33. The summed E-state index contributed by atoms with van der Waals surface area (Å²) in [5.41, 5.74) is 3.37. The molecule has 2 rings (SSSR count). The van der Waals surface area contributed by atoms with Crippen molar-refractivity contribution in [1.29, 1.82) is 0 Å². The van der Waals surface area contributed by atoms with Gasteiger partial charge in [0.25, 0.3) is 0 Å². The summed E-state index contributed by atoms with van der Waals surface area (Å²) in [6.07, 6.45) is 7.12. The maximum Gasteiger partial charge on any atom is 0.0929 e. The molecule has 1 aromatic rings. The van der Waals surface area contributed by atoms with Gasteiger partial charge in [0, 0.05) is 26.2 Å². The molecule has 0 atom stereocenters. The molecule has 0 radical (unpaired) electrons. The number of allylic oxidation sites excluding steroid dienone is 1.